The quantitative estimate of drug-likeness (QED) is 0.793. The number of aliphatic hydroxyl groups excluding tert-OH is 1. The minimum atomic E-state index is -4.17. The zero-order chi connectivity index (χ0) is 12.9. The molecule has 0 bridgehead atoms. The van der Waals surface area contributed by atoms with Crippen molar-refractivity contribution in [3.63, 3.8) is 0 Å². The van der Waals surface area contributed by atoms with Gasteiger partial charge >= 0.3 is 6.18 Å². The predicted octanol–water partition coefficient (Wildman–Crippen LogP) is 3.46. The number of rotatable bonds is 5. The number of hydrogen-bond donors (Lipinski definition) is 1. The Morgan fingerprint density at radius 1 is 1.12 bits per heavy atom. The van der Waals surface area contributed by atoms with Crippen molar-refractivity contribution < 1.29 is 22.7 Å². The summed E-state index contributed by atoms with van der Waals surface area (Å²) < 4.78 is 48.1. The zero-order valence-corrected chi connectivity index (χ0v) is 9.17. The van der Waals surface area contributed by atoms with E-state index in [2.05, 4.69) is 0 Å². The van der Waals surface area contributed by atoms with Crippen LogP contribution in [0.5, 0.6) is 0 Å². The summed E-state index contributed by atoms with van der Waals surface area (Å²) in [4.78, 5) is 0. The van der Waals surface area contributed by atoms with E-state index in [1.165, 1.54) is 24.3 Å². The molecule has 0 radical (unpaired) electrons. The summed E-state index contributed by atoms with van der Waals surface area (Å²) in [5.41, 5.74) is 0.714. The van der Waals surface area contributed by atoms with E-state index in [1.807, 2.05) is 0 Å². The first-order valence-electron chi connectivity index (χ1n) is 5.36. The van der Waals surface area contributed by atoms with Crippen molar-refractivity contribution >= 4 is 0 Å². The molecule has 0 amide bonds. The Kier molecular flexibility index (Phi) is 4.93. The summed E-state index contributed by atoms with van der Waals surface area (Å²) >= 11 is 0. The van der Waals surface area contributed by atoms with Crippen LogP contribution < -0.4 is 0 Å². The lowest BCUT2D eigenvalue weighted by molar-refractivity contribution is -0.136. The first kappa shape index (κ1) is 14.0. The molecule has 1 aromatic carbocycles. The largest absolute Gasteiger partial charge is 0.393 e. The van der Waals surface area contributed by atoms with Gasteiger partial charge in [-0.2, -0.15) is 13.2 Å². The fourth-order valence-corrected chi connectivity index (χ4v) is 1.53. The normalized spacial score (nSPS) is 13.7. The minimum Gasteiger partial charge on any atom is -0.393 e. The molecule has 1 N–H and O–H groups in total. The molecule has 1 atom stereocenters. The van der Waals surface area contributed by atoms with E-state index in [9.17, 15) is 22.7 Å². The van der Waals surface area contributed by atoms with Crippen LogP contribution in [0, 0.1) is 5.82 Å². The number of benzene rings is 1. The molecule has 0 fully saturated rings. The number of hydrogen-bond acceptors (Lipinski definition) is 1. The Morgan fingerprint density at radius 2 is 1.71 bits per heavy atom. The standard InChI is InChI=1S/C12H14F4O/c13-10-5-3-9(4-6-10)8-11(17)2-1-7-12(14,15)16/h3-6,11,17H,1-2,7-8H2. The van der Waals surface area contributed by atoms with Crippen LogP contribution in [0.1, 0.15) is 24.8 Å². The molecule has 0 heterocycles. The van der Waals surface area contributed by atoms with Crippen LogP contribution in [0.15, 0.2) is 24.3 Å². The summed E-state index contributed by atoms with van der Waals surface area (Å²) in [6, 6.07) is 5.56. The van der Waals surface area contributed by atoms with E-state index in [0.717, 1.165) is 0 Å². The molecule has 0 aliphatic heterocycles. The summed E-state index contributed by atoms with van der Waals surface area (Å²) in [5, 5.41) is 9.51. The molecule has 1 rings (SSSR count). The van der Waals surface area contributed by atoms with E-state index in [1.54, 1.807) is 0 Å². The first-order chi connectivity index (χ1) is 7.87. The van der Waals surface area contributed by atoms with Gasteiger partial charge in [0.15, 0.2) is 0 Å². The summed E-state index contributed by atoms with van der Waals surface area (Å²) in [5.74, 6) is -0.375. The average Bonchev–Trinajstić information content (AvgIpc) is 2.19. The highest BCUT2D eigenvalue weighted by Crippen LogP contribution is 2.23. The van der Waals surface area contributed by atoms with Crippen LogP contribution in [0.3, 0.4) is 0 Å². The number of halogens is 4. The van der Waals surface area contributed by atoms with Crippen molar-refractivity contribution in [1.29, 1.82) is 0 Å². The highest BCUT2D eigenvalue weighted by molar-refractivity contribution is 5.16. The van der Waals surface area contributed by atoms with E-state index in [0.29, 0.717) is 5.56 Å². The van der Waals surface area contributed by atoms with E-state index in [4.69, 9.17) is 0 Å². The Hall–Kier alpha value is -1.10. The second-order valence-electron chi connectivity index (χ2n) is 3.99. The van der Waals surface area contributed by atoms with Crippen molar-refractivity contribution in [3.8, 4) is 0 Å². The average molecular weight is 250 g/mol. The summed E-state index contributed by atoms with van der Waals surface area (Å²) in [6.07, 6.45) is -5.62. The van der Waals surface area contributed by atoms with Gasteiger partial charge < -0.3 is 5.11 Å². The maximum Gasteiger partial charge on any atom is 0.389 e. The highest BCUT2D eigenvalue weighted by atomic mass is 19.4. The monoisotopic (exact) mass is 250 g/mol. The van der Waals surface area contributed by atoms with Crippen molar-refractivity contribution in [2.75, 3.05) is 0 Å². The third-order valence-electron chi connectivity index (χ3n) is 2.38. The van der Waals surface area contributed by atoms with E-state index >= 15 is 0 Å². The lowest BCUT2D eigenvalue weighted by Crippen LogP contribution is -2.13. The van der Waals surface area contributed by atoms with E-state index in [-0.39, 0.29) is 25.1 Å². The molecule has 0 saturated heterocycles. The minimum absolute atomic E-state index is 0.0914. The Labute approximate surface area is 97.1 Å². The van der Waals surface area contributed by atoms with Crippen LogP contribution >= 0.6 is 0 Å². The van der Waals surface area contributed by atoms with Crippen LogP contribution in [0.25, 0.3) is 0 Å². The van der Waals surface area contributed by atoms with Crippen molar-refractivity contribution in [2.45, 2.75) is 38.0 Å². The van der Waals surface area contributed by atoms with E-state index < -0.39 is 18.7 Å². The Morgan fingerprint density at radius 3 is 2.24 bits per heavy atom. The zero-order valence-electron chi connectivity index (χ0n) is 9.17. The summed E-state index contributed by atoms with van der Waals surface area (Å²) in [6.45, 7) is 0. The maximum atomic E-state index is 12.6. The molecule has 1 nitrogen and oxygen atoms in total. The highest BCUT2D eigenvalue weighted by Gasteiger charge is 2.26. The van der Waals surface area contributed by atoms with Crippen LogP contribution in [0.2, 0.25) is 0 Å². The Bertz CT molecular complexity index is 331. The van der Waals surface area contributed by atoms with Gasteiger partial charge in [-0.25, -0.2) is 4.39 Å². The van der Waals surface area contributed by atoms with Gasteiger partial charge in [-0.3, -0.25) is 0 Å². The molecule has 1 aromatic rings. The SMILES string of the molecule is OC(CCCC(F)(F)F)Cc1ccc(F)cc1. The molecule has 96 valence electrons. The lowest BCUT2D eigenvalue weighted by Gasteiger charge is -2.11. The topological polar surface area (TPSA) is 20.2 Å². The smallest absolute Gasteiger partial charge is 0.389 e. The predicted molar refractivity (Wildman–Crippen MR) is 56.0 cm³/mol. The van der Waals surface area contributed by atoms with Crippen molar-refractivity contribution in [2.24, 2.45) is 0 Å². The van der Waals surface area contributed by atoms with Gasteiger partial charge in [0.1, 0.15) is 5.82 Å². The third-order valence-corrected chi connectivity index (χ3v) is 2.38. The molecular weight excluding hydrogens is 236 g/mol. The van der Waals surface area contributed by atoms with Crippen molar-refractivity contribution in [3.05, 3.63) is 35.6 Å². The van der Waals surface area contributed by atoms with Gasteiger partial charge in [0.2, 0.25) is 0 Å². The fourth-order valence-electron chi connectivity index (χ4n) is 1.53. The molecule has 0 aliphatic carbocycles. The second-order valence-corrected chi connectivity index (χ2v) is 3.99. The number of alkyl halides is 3. The number of aliphatic hydroxyl groups is 1. The van der Waals surface area contributed by atoms with Crippen LogP contribution in [-0.4, -0.2) is 17.4 Å². The van der Waals surface area contributed by atoms with Gasteiger partial charge in [0.05, 0.1) is 6.10 Å². The molecule has 17 heavy (non-hydrogen) atoms. The van der Waals surface area contributed by atoms with Gasteiger partial charge in [-0.15, -0.1) is 0 Å². The molecular formula is C12H14F4O. The van der Waals surface area contributed by atoms with Gasteiger partial charge in [0.25, 0.3) is 0 Å². The van der Waals surface area contributed by atoms with Crippen LogP contribution in [0.4, 0.5) is 17.6 Å². The summed E-state index contributed by atoms with van der Waals surface area (Å²) in [7, 11) is 0. The van der Waals surface area contributed by atoms with Crippen molar-refractivity contribution in [1.82, 2.24) is 0 Å². The van der Waals surface area contributed by atoms with Gasteiger partial charge in [0, 0.05) is 6.42 Å². The fraction of sp³-hybridized carbons (Fsp3) is 0.500. The molecule has 0 aliphatic rings. The molecule has 0 spiro atoms. The molecule has 0 aromatic heterocycles. The molecule has 1 unspecified atom stereocenters. The first-order valence-corrected chi connectivity index (χ1v) is 5.36. The van der Waals surface area contributed by atoms with Crippen LogP contribution in [-0.2, 0) is 6.42 Å². The second kappa shape index (κ2) is 6.00. The van der Waals surface area contributed by atoms with Gasteiger partial charge in [-0.1, -0.05) is 12.1 Å². The Balaban J connectivity index is 2.30. The third kappa shape index (κ3) is 6.26. The maximum absolute atomic E-state index is 12.6. The molecule has 5 heteroatoms. The molecule has 0 saturated carbocycles. The lowest BCUT2D eigenvalue weighted by atomic mass is 10.0. The van der Waals surface area contributed by atoms with Gasteiger partial charge in [-0.05, 0) is 37.0 Å².